The van der Waals surface area contributed by atoms with Crippen LogP contribution in [0.1, 0.15) is 52.0 Å². The van der Waals surface area contributed by atoms with Gasteiger partial charge in [0.05, 0.1) is 18.1 Å². The summed E-state index contributed by atoms with van der Waals surface area (Å²) in [6, 6.07) is 18.5. The van der Waals surface area contributed by atoms with E-state index in [2.05, 4.69) is 10.1 Å². The van der Waals surface area contributed by atoms with Crippen molar-refractivity contribution in [2.75, 3.05) is 20.3 Å². The third kappa shape index (κ3) is 6.13. The van der Waals surface area contributed by atoms with E-state index in [1.807, 2.05) is 0 Å². The number of rotatable bonds is 10. The molecule has 1 heterocycles. The molecule has 0 aliphatic carbocycles. The second-order valence-corrected chi connectivity index (χ2v) is 9.78. The van der Waals surface area contributed by atoms with E-state index in [1.54, 1.807) is 67.5 Å². The van der Waals surface area contributed by atoms with Crippen molar-refractivity contribution in [2.24, 2.45) is 0 Å². The zero-order valence-electron chi connectivity index (χ0n) is 22.2. The molecule has 3 aromatic rings. The zero-order chi connectivity index (χ0) is 28.9. The lowest BCUT2D eigenvalue weighted by Crippen LogP contribution is -2.57. The van der Waals surface area contributed by atoms with Crippen LogP contribution in [0.25, 0.3) is 0 Å². The Kier molecular flexibility index (Phi) is 8.80. The number of amides is 2. The number of halogens is 3. The first-order valence-corrected chi connectivity index (χ1v) is 12.8. The Morgan fingerprint density at radius 3 is 2.30 bits per heavy atom. The van der Waals surface area contributed by atoms with Crippen molar-refractivity contribution in [1.29, 1.82) is 0 Å². The van der Waals surface area contributed by atoms with E-state index in [-0.39, 0.29) is 30.7 Å². The molecular weight excluding hydrogens is 525 g/mol. The zero-order valence-corrected chi connectivity index (χ0v) is 22.2. The molecule has 7 nitrogen and oxygen atoms in total. The fourth-order valence-electron chi connectivity index (χ4n) is 5.18. The van der Waals surface area contributed by atoms with E-state index in [0.717, 1.165) is 0 Å². The maximum Gasteiger partial charge on any atom is 0.573 e. The molecule has 1 aliphatic rings. The van der Waals surface area contributed by atoms with E-state index in [9.17, 15) is 27.9 Å². The van der Waals surface area contributed by atoms with Gasteiger partial charge in [0.1, 0.15) is 5.75 Å². The number of methoxy groups -OCH3 is 1. The number of carbonyl (C=O) groups is 2. The average molecular weight is 557 g/mol. The van der Waals surface area contributed by atoms with Gasteiger partial charge in [-0.2, -0.15) is 0 Å². The highest BCUT2D eigenvalue weighted by Gasteiger charge is 2.53. The van der Waals surface area contributed by atoms with Crippen LogP contribution < -0.4 is 10.1 Å². The predicted octanol–water partition coefficient (Wildman–Crippen LogP) is 4.89. The Morgan fingerprint density at radius 1 is 1.02 bits per heavy atom. The highest BCUT2D eigenvalue weighted by Crippen LogP contribution is 2.48. The molecule has 0 saturated carbocycles. The Morgan fingerprint density at radius 2 is 1.68 bits per heavy atom. The van der Waals surface area contributed by atoms with Crippen molar-refractivity contribution in [3.8, 4) is 5.75 Å². The van der Waals surface area contributed by atoms with Gasteiger partial charge in [0.2, 0.25) is 5.91 Å². The summed E-state index contributed by atoms with van der Waals surface area (Å²) >= 11 is 0. The molecule has 212 valence electrons. The summed E-state index contributed by atoms with van der Waals surface area (Å²) in [6.45, 7) is 2.49. The normalized spacial score (nSPS) is 18.8. The summed E-state index contributed by atoms with van der Waals surface area (Å²) in [5.41, 5.74) is 1.62. The molecule has 0 unspecified atom stereocenters. The first-order chi connectivity index (χ1) is 19.1. The number of nitrogens with zero attached hydrogens (tertiary/aromatic N) is 1. The van der Waals surface area contributed by atoms with Gasteiger partial charge in [-0.05, 0) is 53.8 Å². The number of fused-ring (bicyclic) bond motifs is 1. The van der Waals surface area contributed by atoms with E-state index in [4.69, 9.17) is 4.74 Å². The molecule has 0 fully saturated rings. The van der Waals surface area contributed by atoms with Gasteiger partial charge in [-0.3, -0.25) is 9.59 Å². The SMILES string of the molecule is COCCCNC(=O)[C@@]1(C)c2ccccc2C(=O)N(Cc2ccc(OC(F)(F)F)cc2)[C@H]1c1ccc(CO)cc1. The molecule has 1 aliphatic heterocycles. The van der Waals surface area contributed by atoms with E-state index < -0.39 is 17.8 Å². The number of aliphatic hydroxyl groups is 1. The average Bonchev–Trinajstić information content (AvgIpc) is 2.94. The van der Waals surface area contributed by atoms with Crippen LogP contribution in [0.2, 0.25) is 0 Å². The predicted molar refractivity (Wildman–Crippen MR) is 141 cm³/mol. The molecule has 0 spiro atoms. The van der Waals surface area contributed by atoms with Gasteiger partial charge < -0.3 is 24.8 Å². The fraction of sp³-hybridized carbons (Fsp3) is 0.333. The van der Waals surface area contributed by atoms with Crippen molar-refractivity contribution in [2.45, 2.75) is 44.3 Å². The number of aliphatic hydroxyl groups excluding tert-OH is 1. The number of benzene rings is 3. The van der Waals surface area contributed by atoms with Crippen LogP contribution in [0.4, 0.5) is 13.2 Å². The Hall–Kier alpha value is -3.89. The molecule has 40 heavy (non-hydrogen) atoms. The van der Waals surface area contributed by atoms with Crippen LogP contribution >= 0.6 is 0 Å². The van der Waals surface area contributed by atoms with Gasteiger partial charge in [0, 0.05) is 32.4 Å². The third-order valence-corrected chi connectivity index (χ3v) is 7.11. The first-order valence-electron chi connectivity index (χ1n) is 12.8. The lowest BCUT2D eigenvalue weighted by molar-refractivity contribution is -0.274. The van der Waals surface area contributed by atoms with Gasteiger partial charge >= 0.3 is 6.36 Å². The second kappa shape index (κ2) is 12.1. The summed E-state index contributed by atoms with van der Waals surface area (Å²) in [5, 5.41) is 12.6. The number of alkyl halides is 3. The van der Waals surface area contributed by atoms with E-state index >= 15 is 0 Å². The minimum Gasteiger partial charge on any atom is -0.406 e. The van der Waals surface area contributed by atoms with Crippen molar-refractivity contribution < 1.29 is 37.3 Å². The molecule has 2 atom stereocenters. The van der Waals surface area contributed by atoms with Gasteiger partial charge in [-0.25, -0.2) is 0 Å². The number of nitrogens with one attached hydrogen (secondary N) is 1. The molecule has 10 heteroatoms. The second-order valence-electron chi connectivity index (χ2n) is 9.78. The summed E-state index contributed by atoms with van der Waals surface area (Å²) in [5.74, 6) is -0.964. The standard InChI is InChI=1S/C30H31F3N2O5/c1-29(28(38)34-16-5-17-39-2)25-7-4-3-6-24(25)27(37)35(26(29)22-12-8-21(19-36)9-13-22)18-20-10-14-23(15-11-20)40-30(31,32)33/h3-4,6-15,26,36H,5,16-19H2,1-2H3,(H,34,38)/t26-,29-/m0/s1. The van der Waals surface area contributed by atoms with Crippen molar-refractivity contribution >= 4 is 11.8 Å². The monoisotopic (exact) mass is 556 g/mol. The maximum absolute atomic E-state index is 14.0. The molecule has 3 aromatic carbocycles. The summed E-state index contributed by atoms with van der Waals surface area (Å²) < 4.78 is 47.1. The molecule has 2 amide bonds. The largest absolute Gasteiger partial charge is 0.573 e. The van der Waals surface area contributed by atoms with E-state index in [1.165, 1.54) is 24.3 Å². The van der Waals surface area contributed by atoms with Crippen LogP contribution in [-0.2, 0) is 28.1 Å². The van der Waals surface area contributed by atoms with Gasteiger partial charge in [-0.1, -0.05) is 54.6 Å². The third-order valence-electron chi connectivity index (χ3n) is 7.11. The molecule has 0 bridgehead atoms. The highest BCUT2D eigenvalue weighted by atomic mass is 19.4. The highest BCUT2D eigenvalue weighted by molar-refractivity contribution is 6.03. The molecule has 0 saturated heterocycles. The minimum atomic E-state index is -4.82. The van der Waals surface area contributed by atoms with Crippen LogP contribution in [0.3, 0.4) is 0 Å². The number of ether oxygens (including phenoxy) is 2. The van der Waals surface area contributed by atoms with Gasteiger partial charge in [0.15, 0.2) is 0 Å². The molecule has 4 rings (SSSR count). The van der Waals surface area contributed by atoms with Gasteiger partial charge in [-0.15, -0.1) is 13.2 Å². The molecule has 0 radical (unpaired) electrons. The van der Waals surface area contributed by atoms with E-state index in [0.29, 0.717) is 47.4 Å². The van der Waals surface area contributed by atoms with Crippen LogP contribution in [0.5, 0.6) is 5.75 Å². The fourth-order valence-corrected chi connectivity index (χ4v) is 5.18. The molecule has 2 N–H and O–H groups in total. The van der Waals surface area contributed by atoms with Gasteiger partial charge in [0.25, 0.3) is 5.91 Å². The van der Waals surface area contributed by atoms with Crippen molar-refractivity contribution in [1.82, 2.24) is 10.2 Å². The van der Waals surface area contributed by atoms with Crippen molar-refractivity contribution in [3.05, 3.63) is 101 Å². The first kappa shape index (κ1) is 29.1. The topological polar surface area (TPSA) is 88.1 Å². The van der Waals surface area contributed by atoms with Crippen LogP contribution in [0, 0.1) is 0 Å². The van der Waals surface area contributed by atoms with Crippen LogP contribution in [-0.4, -0.2) is 48.4 Å². The molecular formula is C30H31F3N2O5. The summed E-state index contributed by atoms with van der Waals surface area (Å²) in [4.78, 5) is 29.5. The van der Waals surface area contributed by atoms with Crippen molar-refractivity contribution in [3.63, 3.8) is 0 Å². The Balaban J connectivity index is 1.79. The smallest absolute Gasteiger partial charge is 0.406 e. The Bertz CT molecular complexity index is 1330. The van der Waals surface area contributed by atoms with Crippen LogP contribution in [0.15, 0.2) is 72.8 Å². The number of carbonyl (C=O) groups excluding carboxylic acids is 2. The number of hydrogen-bond acceptors (Lipinski definition) is 5. The maximum atomic E-state index is 14.0. The quantitative estimate of drug-likeness (QED) is 0.348. The summed E-state index contributed by atoms with van der Waals surface area (Å²) in [6.07, 6.45) is -4.22. The molecule has 0 aromatic heterocycles. The summed E-state index contributed by atoms with van der Waals surface area (Å²) in [7, 11) is 1.58. The lowest BCUT2D eigenvalue weighted by Gasteiger charge is -2.48. The Labute approximate surface area is 230 Å². The minimum absolute atomic E-state index is 0.0262. The lowest BCUT2D eigenvalue weighted by atomic mass is 9.67. The number of hydrogen-bond donors (Lipinski definition) is 2.